The van der Waals surface area contributed by atoms with Crippen molar-refractivity contribution in [2.75, 3.05) is 7.11 Å². The van der Waals surface area contributed by atoms with E-state index in [-0.39, 0.29) is 5.91 Å². The number of hydrogen-bond donors (Lipinski definition) is 0. The van der Waals surface area contributed by atoms with E-state index >= 15 is 0 Å². The van der Waals surface area contributed by atoms with Crippen LogP contribution < -0.4 is 9.54 Å². The Kier molecular flexibility index (Phi) is 7.49. The van der Waals surface area contributed by atoms with Gasteiger partial charge in [0.2, 0.25) is 0 Å². The summed E-state index contributed by atoms with van der Waals surface area (Å²) >= 11 is 8.54. The monoisotopic (exact) mass is 536 g/mol. The number of hydrogen-bond acceptors (Lipinski definition) is 3. The third-order valence-corrected chi connectivity index (χ3v) is 6.77. The maximum Gasteiger partial charge on any atom is 0.279 e. The number of halogens is 2. The number of ether oxygens (including phenoxy) is 1. The summed E-state index contributed by atoms with van der Waals surface area (Å²) in [7, 11) is 1.60. The zero-order chi connectivity index (χ0) is 21.0. The lowest BCUT2D eigenvalue weighted by molar-refractivity contribution is 0.0997. The van der Waals surface area contributed by atoms with Crippen LogP contribution in [0.4, 0.5) is 0 Å². The lowest BCUT2D eigenvalue weighted by Crippen LogP contribution is -2.17. The summed E-state index contributed by atoms with van der Waals surface area (Å²) in [5.41, 5.74) is 2.81. The van der Waals surface area contributed by atoms with Crippen molar-refractivity contribution < 1.29 is 9.53 Å². The van der Waals surface area contributed by atoms with Crippen LogP contribution in [0, 0.1) is 0 Å². The molecule has 3 rings (SSSR count). The van der Waals surface area contributed by atoms with Gasteiger partial charge in [-0.15, -0.1) is 11.3 Å². The van der Waals surface area contributed by atoms with Crippen molar-refractivity contribution in [2.45, 2.75) is 33.2 Å². The zero-order valence-corrected chi connectivity index (χ0v) is 20.5. The number of thiazole rings is 1. The molecular weight excluding hydrogens is 516 g/mol. The van der Waals surface area contributed by atoms with Crippen LogP contribution in [0.5, 0.6) is 5.75 Å². The fraction of sp³-hybridized carbons (Fsp3) is 0.273. The van der Waals surface area contributed by atoms with Gasteiger partial charge in [0, 0.05) is 21.5 Å². The van der Waals surface area contributed by atoms with Crippen molar-refractivity contribution >= 4 is 49.1 Å². The summed E-state index contributed by atoms with van der Waals surface area (Å²) in [5.74, 6) is 0.422. The van der Waals surface area contributed by atoms with E-state index in [4.69, 9.17) is 4.74 Å². The molecule has 0 spiro atoms. The minimum absolute atomic E-state index is 0.262. The molecule has 0 aliphatic rings. The summed E-state index contributed by atoms with van der Waals surface area (Å²) in [6.45, 7) is 4.99. The van der Waals surface area contributed by atoms with E-state index in [0.717, 1.165) is 44.4 Å². The zero-order valence-electron chi connectivity index (χ0n) is 16.5. The van der Waals surface area contributed by atoms with Crippen LogP contribution in [-0.4, -0.2) is 17.6 Å². The van der Waals surface area contributed by atoms with Gasteiger partial charge in [0.05, 0.1) is 17.3 Å². The average molecular weight is 538 g/mol. The Labute approximate surface area is 191 Å². The molecule has 0 bridgehead atoms. The third-order valence-electron chi connectivity index (χ3n) is 4.49. The van der Waals surface area contributed by atoms with Crippen molar-refractivity contribution in [2.24, 2.45) is 4.99 Å². The van der Waals surface area contributed by atoms with Crippen LogP contribution in [0.15, 0.2) is 56.4 Å². The lowest BCUT2D eigenvalue weighted by atomic mass is 10.1. The highest BCUT2D eigenvalue weighted by atomic mass is 79.9. The Balaban J connectivity index is 2.11. The van der Waals surface area contributed by atoms with Gasteiger partial charge in [-0.05, 0) is 65.2 Å². The highest BCUT2D eigenvalue weighted by molar-refractivity contribution is 9.10. The molecule has 0 unspecified atom stereocenters. The number of aryl methyl sites for hydroxylation is 1. The maximum absolute atomic E-state index is 12.9. The number of amides is 1. The van der Waals surface area contributed by atoms with Gasteiger partial charge >= 0.3 is 0 Å². The van der Waals surface area contributed by atoms with E-state index < -0.39 is 0 Å². The van der Waals surface area contributed by atoms with Gasteiger partial charge in [-0.3, -0.25) is 4.79 Å². The highest BCUT2D eigenvalue weighted by Crippen LogP contribution is 2.29. The fourth-order valence-corrected chi connectivity index (χ4v) is 5.22. The summed E-state index contributed by atoms with van der Waals surface area (Å²) in [4.78, 5) is 19.3. The van der Waals surface area contributed by atoms with E-state index in [9.17, 15) is 4.79 Å². The molecule has 7 heteroatoms. The lowest BCUT2D eigenvalue weighted by Gasteiger charge is -2.09. The Hall–Kier alpha value is -1.70. The first kappa shape index (κ1) is 22.0. The van der Waals surface area contributed by atoms with Gasteiger partial charge in [-0.25, -0.2) is 0 Å². The number of carbonyl (C=O) groups is 1. The minimum Gasteiger partial charge on any atom is -0.496 e. The second kappa shape index (κ2) is 9.87. The molecule has 0 saturated carbocycles. The number of nitrogens with zero attached hydrogens (tertiary/aromatic N) is 2. The second-order valence-electron chi connectivity index (χ2n) is 6.42. The van der Waals surface area contributed by atoms with Crippen molar-refractivity contribution in [1.82, 2.24) is 4.57 Å². The second-order valence-corrected chi connectivity index (χ2v) is 9.26. The van der Waals surface area contributed by atoms with Gasteiger partial charge in [-0.1, -0.05) is 41.4 Å². The van der Waals surface area contributed by atoms with E-state index in [1.807, 2.05) is 12.1 Å². The van der Waals surface area contributed by atoms with Gasteiger partial charge in [0.1, 0.15) is 5.75 Å². The number of rotatable bonds is 6. The first-order valence-electron chi connectivity index (χ1n) is 9.39. The minimum atomic E-state index is -0.262. The molecule has 1 heterocycles. The van der Waals surface area contributed by atoms with Crippen LogP contribution in [0.1, 0.15) is 35.5 Å². The first-order valence-corrected chi connectivity index (χ1v) is 11.8. The van der Waals surface area contributed by atoms with Crippen LogP contribution in [0.2, 0.25) is 0 Å². The number of aromatic nitrogens is 1. The van der Waals surface area contributed by atoms with Gasteiger partial charge in [-0.2, -0.15) is 4.99 Å². The molecule has 0 aliphatic heterocycles. The summed E-state index contributed by atoms with van der Waals surface area (Å²) in [6, 6.07) is 13.5. The molecule has 29 heavy (non-hydrogen) atoms. The van der Waals surface area contributed by atoms with E-state index in [0.29, 0.717) is 11.3 Å². The molecule has 0 saturated heterocycles. The van der Waals surface area contributed by atoms with E-state index in [1.165, 1.54) is 4.88 Å². The molecule has 0 aliphatic carbocycles. The Bertz CT molecular complexity index is 1090. The standard InChI is InChI=1S/C22H22Br2N2O2S/c1-4-6-19-20(14-7-10-16(23)11-8-14)26(5-2)22(29-19)25-21(27)15-9-12-18(28-3)17(24)13-15/h7-13H,4-6H2,1-3H3. The molecule has 1 aromatic heterocycles. The van der Waals surface area contributed by atoms with Crippen molar-refractivity contribution in [3.05, 3.63) is 66.7 Å². The molecule has 3 aromatic rings. The quantitative estimate of drug-likeness (QED) is 0.362. The first-order chi connectivity index (χ1) is 14.0. The smallest absolute Gasteiger partial charge is 0.279 e. The summed E-state index contributed by atoms with van der Waals surface area (Å²) in [5, 5.41) is 0. The molecule has 152 valence electrons. The number of carbonyl (C=O) groups excluding carboxylic acids is 1. The van der Waals surface area contributed by atoms with Crippen LogP contribution in [0.3, 0.4) is 0 Å². The molecule has 1 amide bonds. The number of benzene rings is 2. The fourth-order valence-electron chi connectivity index (χ4n) is 3.11. The molecule has 2 aromatic carbocycles. The average Bonchev–Trinajstić information content (AvgIpc) is 3.05. The predicted octanol–water partition coefficient (Wildman–Crippen LogP) is 6.46. The Morgan fingerprint density at radius 3 is 2.45 bits per heavy atom. The van der Waals surface area contributed by atoms with Gasteiger partial charge in [0.15, 0.2) is 4.80 Å². The van der Waals surface area contributed by atoms with Crippen LogP contribution in [-0.2, 0) is 13.0 Å². The van der Waals surface area contributed by atoms with Crippen LogP contribution in [0.25, 0.3) is 11.3 Å². The molecule has 0 atom stereocenters. The Morgan fingerprint density at radius 2 is 1.86 bits per heavy atom. The molecular formula is C22H22Br2N2O2S. The van der Waals surface area contributed by atoms with E-state index in [1.54, 1.807) is 36.6 Å². The van der Waals surface area contributed by atoms with E-state index in [2.05, 4.69) is 67.4 Å². The summed E-state index contributed by atoms with van der Waals surface area (Å²) in [6.07, 6.45) is 1.99. The summed E-state index contributed by atoms with van der Waals surface area (Å²) < 4.78 is 9.16. The molecule has 4 nitrogen and oxygen atoms in total. The SMILES string of the molecule is CCCc1sc(=NC(=O)c2ccc(OC)c(Br)c2)n(CC)c1-c1ccc(Br)cc1. The molecule has 0 radical (unpaired) electrons. The van der Waals surface area contributed by atoms with Crippen LogP contribution >= 0.6 is 43.2 Å². The topological polar surface area (TPSA) is 43.6 Å². The highest BCUT2D eigenvalue weighted by Gasteiger charge is 2.16. The Morgan fingerprint density at radius 1 is 1.14 bits per heavy atom. The molecule has 0 N–H and O–H groups in total. The van der Waals surface area contributed by atoms with Crippen molar-refractivity contribution in [3.63, 3.8) is 0 Å². The molecule has 0 fully saturated rings. The van der Waals surface area contributed by atoms with Gasteiger partial charge < -0.3 is 9.30 Å². The van der Waals surface area contributed by atoms with Gasteiger partial charge in [0.25, 0.3) is 5.91 Å². The van der Waals surface area contributed by atoms with Crippen molar-refractivity contribution in [1.29, 1.82) is 0 Å². The maximum atomic E-state index is 12.9. The third kappa shape index (κ3) is 4.90. The number of methoxy groups -OCH3 is 1. The largest absolute Gasteiger partial charge is 0.496 e. The normalized spacial score (nSPS) is 11.7. The predicted molar refractivity (Wildman–Crippen MR) is 126 cm³/mol. The van der Waals surface area contributed by atoms with Crippen molar-refractivity contribution in [3.8, 4) is 17.0 Å².